The molecule has 6 nitrogen and oxygen atoms in total. The minimum atomic E-state index is -3.50. The van der Waals surface area contributed by atoms with Gasteiger partial charge in [0.2, 0.25) is 5.91 Å². The Bertz CT molecular complexity index is 1060. The average molecular weight is 462 g/mol. The van der Waals surface area contributed by atoms with E-state index < -0.39 is 9.84 Å². The van der Waals surface area contributed by atoms with Crippen molar-refractivity contribution in [2.75, 3.05) is 11.1 Å². The van der Waals surface area contributed by atoms with Crippen molar-refractivity contribution in [3.8, 4) is 0 Å². The minimum absolute atomic E-state index is 0.125. The van der Waals surface area contributed by atoms with Gasteiger partial charge >= 0.3 is 0 Å². The molecule has 146 valence electrons. The SMILES string of the molecule is Cc1ccc(S(=O)(=O)CCC(=O)Nc2ccnn2Cc2ccc(Br)cc2)cc1. The molecule has 0 saturated carbocycles. The van der Waals surface area contributed by atoms with Crippen LogP contribution >= 0.6 is 15.9 Å². The first-order chi connectivity index (χ1) is 13.3. The number of amides is 1. The van der Waals surface area contributed by atoms with Crippen LogP contribution in [0.1, 0.15) is 17.5 Å². The van der Waals surface area contributed by atoms with E-state index in [1.54, 1.807) is 41.2 Å². The summed E-state index contributed by atoms with van der Waals surface area (Å²) in [4.78, 5) is 12.5. The van der Waals surface area contributed by atoms with Gasteiger partial charge in [0.05, 0.1) is 23.4 Å². The Morgan fingerprint density at radius 2 is 1.75 bits per heavy atom. The van der Waals surface area contributed by atoms with Crippen molar-refractivity contribution in [2.45, 2.75) is 24.8 Å². The van der Waals surface area contributed by atoms with Crippen LogP contribution in [-0.2, 0) is 21.2 Å². The molecule has 8 heteroatoms. The Hall–Kier alpha value is -2.45. The topological polar surface area (TPSA) is 81.1 Å². The lowest BCUT2D eigenvalue weighted by Gasteiger charge is -2.10. The molecule has 0 radical (unpaired) electrons. The first-order valence-corrected chi connectivity index (χ1v) is 11.1. The number of nitrogens with one attached hydrogen (secondary N) is 1. The molecule has 0 saturated heterocycles. The van der Waals surface area contributed by atoms with Crippen LogP contribution in [0, 0.1) is 6.92 Å². The summed E-state index contributed by atoms with van der Waals surface area (Å²) >= 11 is 3.40. The Morgan fingerprint density at radius 3 is 2.43 bits per heavy atom. The van der Waals surface area contributed by atoms with E-state index in [0.717, 1.165) is 15.6 Å². The monoisotopic (exact) mass is 461 g/mol. The highest BCUT2D eigenvalue weighted by Gasteiger charge is 2.17. The summed E-state index contributed by atoms with van der Waals surface area (Å²) < 4.78 is 27.4. The summed E-state index contributed by atoms with van der Waals surface area (Å²) in [5, 5.41) is 6.97. The van der Waals surface area contributed by atoms with E-state index in [0.29, 0.717) is 12.4 Å². The van der Waals surface area contributed by atoms with Gasteiger partial charge in [-0.05, 0) is 36.8 Å². The van der Waals surface area contributed by atoms with E-state index in [1.165, 1.54) is 0 Å². The van der Waals surface area contributed by atoms with Gasteiger partial charge in [0.1, 0.15) is 5.82 Å². The average Bonchev–Trinajstić information content (AvgIpc) is 3.09. The zero-order valence-electron chi connectivity index (χ0n) is 15.3. The van der Waals surface area contributed by atoms with E-state index in [-0.39, 0.29) is 23.0 Å². The molecule has 28 heavy (non-hydrogen) atoms. The summed E-state index contributed by atoms with van der Waals surface area (Å²) in [5.74, 6) is -0.0863. The lowest BCUT2D eigenvalue weighted by atomic mass is 10.2. The summed E-state index contributed by atoms with van der Waals surface area (Å²) in [6.45, 7) is 2.39. The fraction of sp³-hybridized carbons (Fsp3) is 0.200. The molecule has 0 spiro atoms. The van der Waals surface area contributed by atoms with E-state index in [2.05, 4.69) is 26.3 Å². The number of rotatable bonds is 7. The summed E-state index contributed by atoms with van der Waals surface area (Å²) in [6.07, 6.45) is 1.47. The first kappa shape index (κ1) is 20.3. The predicted octanol–water partition coefficient (Wildman–Crippen LogP) is 3.80. The zero-order valence-corrected chi connectivity index (χ0v) is 17.7. The third-order valence-electron chi connectivity index (χ3n) is 4.21. The van der Waals surface area contributed by atoms with Crippen LogP contribution in [0.2, 0.25) is 0 Å². The Morgan fingerprint density at radius 1 is 1.07 bits per heavy atom. The van der Waals surface area contributed by atoms with Crippen molar-refractivity contribution < 1.29 is 13.2 Å². The first-order valence-electron chi connectivity index (χ1n) is 8.69. The second-order valence-electron chi connectivity index (χ2n) is 6.43. The van der Waals surface area contributed by atoms with Crippen molar-refractivity contribution >= 4 is 37.5 Å². The largest absolute Gasteiger partial charge is 0.311 e. The molecule has 3 rings (SSSR count). The van der Waals surface area contributed by atoms with E-state index >= 15 is 0 Å². The number of anilines is 1. The number of sulfone groups is 1. The molecule has 0 unspecified atom stereocenters. The second-order valence-corrected chi connectivity index (χ2v) is 9.46. The molecule has 1 aromatic heterocycles. The number of halogens is 1. The number of carbonyl (C=O) groups excluding carboxylic acids is 1. The molecule has 2 aromatic carbocycles. The van der Waals surface area contributed by atoms with Crippen LogP contribution in [-0.4, -0.2) is 29.9 Å². The van der Waals surface area contributed by atoms with Gasteiger partial charge in [-0.3, -0.25) is 4.79 Å². The molecule has 1 heterocycles. The van der Waals surface area contributed by atoms with Crippen LogP contribution < -0.4 is 5.32 Å². The van der Waals surface area contributed by atoms with E-state index in [4.69, 9.17) is 0 Å². The number of aryl methyl sites for hydroxylation is 1. The van der Waals surface area contributed by atoms with E-state index in [1.807, 2.05) is 31.2 Å². The minimum Gasteiger partial charge on any atom is -0.311 e. The smallest absolute Gasteiger partial charge is 0.226 e. The number of carbonyl (C=O) groups is 1. The van der Waals surface area contributed by atoms with Gasteiger partial charge < -0.3 is 5.32 Å². The van der Waals surface area contributed by atoms with Crippen molar-refractivity contribution in [1.82, 2.24) is 9.78 Å². The maximum Gasteiger partial charge on any atom is 0.226 e. The molecule has 0 atom stereocenters. The van der Waals surface area contributed by atoms with Gasteiger partial charge in [0, 0.05) is 17.0 Å². The quantitative estimate of drug-likeness (QED) is 0.579. The van der Waals surface area contributed by atoms with Crippen LogP contribution in [0.15, 0.2) is 70.2 Å². The number of nitrogens with zero attached hydrogens (tertiary/aromatic N) is 2. The van der Waals surface area contributed by atoms with E-state index in [9.17, 15) is 13.2 Å². The van der Waals surface area contributed by atoms with Crippen molar-refractivity contribution in [2.24, 2.45) is 0 Å². The number of hydrogen-bond donors (Lipinski definition) is 1. The molecular formula is C20H20BrN3O3S. The van der Waals surface area contributed by atoms with Gasteiger partial charge in [-0.15, -0.1) is 0 Å². The summed E-state index contributed by atoms with van der Waals surface area (Å²) in [7, 11) is -3.50. The number of aromatic nitrogens is 2. The second kappa shape index (κ2) is 8.70. The highest BCUT2D eigenvalue weighted by atomic mass is 79.9. The molecule has 0 bridgehead atoms. The van der Waals surface area contributed by atoms with Crippen molar-refractivity contribution in [3.63, 3.8) is 0 Å². The number of benzene rings is 2. The van der Waals surface area contributed by atoms with Gasteiger partial charge in [-0.1, -0.05) is 45.8 Å². The lowest BCUT2D eigenvalue weighted by Crippen LogP contribution is -2.19. The highest BCUT2D eigenvalue weighted by molar-refractivity contribution is 9.10. The maximum atomic E-state index is 12.4. The van der Waals surface area contributed by atoms with Crippen LogP contribution in [0.4, 0.5) is 5.82 Å². The molecule has 3 aromatic rings. The van der Waals surface area contributed by atoms with Crippen LogP contribution in [0.25, 0.3) is 0 Å². The predicted molar refractivity (Wildman–Crippen MR) is 112 cm³/mol. The molecule has 1 amide bonds. The summed E-state index contributed by atoms with van der Waals surface area (Å²) in [5.41, 5.74) is 2.01. The Labute approximate surface area is 172 Å². The number of hydrogen-bond acceptors (Lipinski definition) is 4. The Balaban J connectivity index is 1.60. The third kappa shape index (κ3) is 5.30. The normalized spacial score (nSPS) is 11.4. The van der Waals surface area contributed by atoms with Crippen molar-refractivity contribution in [1.29, 1.82) is 0 Å². The van der Waals surface area contributed by atoms with Gasteiger partial charge in [-0.2, -0.15) is 5.10 Å². The third-order valence-corrected chi connectivity index (χ3v) is 6.47. The molecule has 1 N–H and O–H groups in total. The molecule has 0 aliphatic heterocycles. The molecular weight excluding hydrogens is 442 g/mol. The fourth-order valence-electron chi connectivity index (χ4n) is 2.62. The summed E-state index contributed by atoms with van der Waals surface area (Å²) in [6, 6.07) is 16.1. The van der Waals surface area contributed by atoms with Crippen LogP contribution in [0.5, 0.6) is 0 Å². The zero-order chi connectivity index (χ0) is 20.1. The molecule has 0 fully saturated rings. The van der Waals surface area contributed by atoms with Gasteiger partial charge in [-0.25, -0.2) is 13.1 Å². The fourth-order valence-corrected chi connectivity index (χ4v) is 4.13. The highest BCUT2D eigenvalue weighted by Crippen LogP contribution is 2.16. The molecule has 0 aliphatic carbocycles. The van der Waals surface area contributed by atoms with Crippen molar-refractivity contribution in [3.05, 3.63) is 76.4 Å². The van der Waals surface area contributed by atoms with Gasteiger partial charge in [0.15, 0.2) is 9.84 Å². The molecule has 0 aliphatic rings. The standard InChI is InChI=1S/C20H20BrN3O3S/c1-15-2-8-18(9-3-15)28(26,27)13-11-20(25)23-19-10-12-22-24(19)14-16-4-6-17(21)7-5-16/h2-10,12H,11,13-14H2,1H3,(H,23,25). The maximum absolute atomic E-state index is 12.4. The lowest BCUT2D eigenvalue weighted by molar-refractivity contribution is -0.115. The Kier molecular flexibility index (Phi) is 6.31. The van der Waals surface area contributed by atoms with Crippen LogP contribution in [0.3, 0.4) is 0 Å². The van der Waals surface area contributed by atoms with Gasteiger partial charge in [0.25, 0.3) is 0 Å².